The molecule has 0 aliphatic heterocycles. The molecule has 1 unspecified atom stereocenters. The number of benzene rings is 1. The maximum Gasteiger partial charge on any atom is 0.236 e. The third-order valence-electron chi connectivity index (χ3n) is 3.07. The molecule has 4 heteroatoms. The van der Waals surface area contributed by atoms with E-state index in [-0.39, 0.29) is 18.0 Å². The second-order valence-electron chi connectivity index (χ2n) is 4.81. The summed E-state index contributed by atoms with van der Waals surface area (Å²) in [4.78, 5) is 11.9. The van der Waals surface area contributed by atoms with Crippen LogP contribution in [0, 0.1) is 0 Å². The highest BCUT2D eigenvalue weighted by Gasteiger charge is 2.15. The number of hydrogen-bond donors (Lipinski definition) is 2. The van der Waals surface area contributed by atoms with E-state index in [1.54, 1.807) is 0 Å². The van der Waals surface area contributed by atoms with E-state index in [4.69, 9.17) is 0 Å². The van der Waals surface area contributed by atoms with E-state index in [0.29, 0.717) is 0 Å². The van der Waals surface area contributed by atoms with Gasteiger partial charge in [-0.3, -0.25) is 10.1 Å². The summed E-state index contributed by atoms with van der Waals surface area (Å²) in [6.45, 7) is 6.84. The summed E-state index contributed by atoms with van der Waals surface area (Å²) < 4.78 is 1.05. The van der Waals surface area contributed by atoms with Gasteiger partial charge in [0.05, 0.1) is 6.04 Å². The van der Waals surface area contributed by atoms with Crippen LogP contribution in [0.3, 0.4) is 0 Å². The molecule has 0 heterocycles. The molecule has 1 aromatic carbocycles. The van der Waals surface area contributed by atoms with Gasteiger partial charge in [0.25, 0.3) is 0 Å². The molecule has 3 nitrogen and oxygen atoms in total. The Balaban J connectivity index is 2.47. The van der Waals surface area contributed by atoms with E-state index in [0.717, 1.165) is 23.9 Å². The van der Waals surface area contributed by atoms with Crippen molar-refractivity contribution in [1.82, 2.24) is 10.6 Å². The normalized spacial score (nSPS) is 13.9. The number of amides is 1. The molecule has 0 bridgehead atoms. The summed E-state index contributed by atoms with van der Waals surface area (Å²) in [7, 11) is 0. The van der Waals surface area contributed by atoms with Gasteiger partial charge in [0.1, 0.15) is 0 Å². The van der Waals surface area contributed by atoms with E-state index in [1.165, 1.54) is 5.56 Å². The highest BCUT2D eigenvalue weighted by Crippen LogP contribution is 2.18. The van der Waals surface area contributed by atoms with E-state index in [1.807, 2.05) is 19.1 Å². The molecule has 2 atom stereocenters. The predicted octanol–water partition coefficient (Wildman–Crippen LogP) is 3.40. The van der Waals surface area contributed by atoms with E-state index >= 15 is 0 Å². The fourth-order valence-corrected chi connectivity index (χ4v) is 2.28. The van der Waals surface area contributed by atoms with Gasteiger partial charge in [0.2, 0.25) is 5.91 Å². The maximum absolute atomic E-state index is 11.9. The lowest BCUT2D eigenvalue weighted by Crippen LogP contribution is -2.43. The van der Waals surface area contributed by atoms with Crippen LogP contribution in [-0.4, -0.2) is 18.5 Å². The molecule has 0 aromatic heterocycles. The minimum Gasteiger partial charge on any atom is -0.355 e. The van der Waals surface area contributed by atoms with Crippen molar-refractivity contribution in [3.63, 3.8) is 0 Å². The molecular weight excluding hydrogens is 304 g/mol. The van der Waals surface area contributed by atoms with E-state index in [9.17, 15) is 4.79 Å². The molecule has 0 saturated carbocycles. The number of carbonyl (C=O) groups excluding carboxylic acids is 1. The Hall–Kier alpha value is -0.870. The molecule has 106 valence electrons. The van der Waals surface area contributed by atoms with Crippen molar-refractivity contribution in [2.75, 3.05) is 6.54 Å². The maximum atomic E-state index is 11.9. The minimum absolute atomic E-state index is 0.0651. The summed E-state index contributed by atoms with van der Waals surface area (Å²) in [5.41, 5.74) is 1.17. The predicted molar refractivity (Wildman–Crippen MR) is 83.1 cm³/mol. The number of halogens is 1. The van der Waals surface area contributed by atoms with Gasteiger partial charge in [-0.2, -0.15) is 0 Å². The lowest BCUT2D eigenvalue weighted by atomic mass is 10.1. The van der Waals surface area contributed by atoms with Crippen molar-refractivity contribution in [2.45, 2.75) is 45.7 Å². The standard InChI is InChI=1S/C15H23BrN2O/c1-4-5-9-17-15(19)12(3)18-11(2)13-7-6-8-14(16)10-13/h6-8,10-12,18H,4-5,9H2,1-3H3,(H,17,19)/t11-,12?/m0/s1. The minimum atomic E-state index is -0.189. The Bertz CT molecular complexity index is 409. The topological polar surface area (TPSA) is 41.1 Å². The summed E-state index contributed by atoms with van der Waals surface area (Å²) in [6, 6.07) is 8.08. The van der Waals surface area contributed by atoms with Crippen molar-refractivity contribution >= 4 is 21.8 Å². The molecule has 19 heavy (non-hydrogen) atoms. The Labute approximate surface area is 124 Å². The molecule has 1 rings (SSSR count). The van der Waals surface area contributed by atoms with Crippen LogP contribution in [0.5, 0.6) is 0 Å². The van der Waals surface area contributed by atoms with Crippen LogP contribution in [0.2, 0.25) is 0 Å². The van der Waals surface area contributed by atoms with Crippen LogP contribution < -0.4 is 10.6 Å². The van der Waals surface area contributed by atoms with Gasteiger partial charge in [-0.1, -0.05) is 41.4 Å². The van der Waals surface area contributed by atoms with E-state index < -0.39 is 0 Å². The quantitative estimate of drug-likeness (QED) is 0.754. The fourth-order valence-electron chi connectivity index (χ4n) is 1.86. The highest BCUT2D eigenvalue weighted by molar-refractivity contribution is 9.10. The molecule has 0 spiro atoms. The number of carbonyl (C=O) groups is 1. The van der Waals surface area contributed by atoms with Gasteiger partial charge in [-0.25, -0.2) is 0 Å². The van der Waals surface area contributed by atoms with Crippen molar-refractivity contribution in [3.05, 3.63) is 34.3 Å². The van der Waals surface area contributed by atoms with Crippen molar-refractivity contribution in [1.29, 1.82) is 0 Å². The summed E-state index contributed by atoms with van der Waals surface area (Å²) >= 11 is 3.46. The van der Waals surface area contributed by atoms with Gasteiger partial charge in [0, 0.05) is 17.1 Å². The average Bonchev–Trinajstić information content (AvgIpc) is 2.38. The molecule has 2 N–H and O–H groups in total. The first-order valence-corrected chi connectivity index (χ1v) is 7.63. The number of hydrogen-bond acceptors (Lipinski definition) is 2. The Morgan fingerprint density at radius 1 is 1.37 bits per heavy atom. The first-order valence-electron chi connectivity index (χ1n) is 6.83. The third-order valence-corrected chi connectivity index (χ3v) is 3.56. The first kappa shape index (κ1) is 16.2. The SMILES string of the molecule is CCCCNC(=O)C(C)N[C@@H](C)c1cccc(Br)c1. The molecule has 0 aliphatic rings. The van der Waals surface area contributed by atoms with Gasteiger partial charge in [0.15, 0.2) is 0 Å². The summed E-state index contributed by atoms with van der Waals surface area (Å²) in [5.74, 6) is 0.0651. The van der Waals surface area contributed by atoms with Crippen LogP contribution in [-0.2, 0) is 4.79 Å². The molecule has 1 amide bonds. The number of unbranched alkanes of at least 4 members (excludes halogenated alkanes) is 1. The second-order valence-corrected chi connectivity index (χ2v) is 5.73. The van der Waals surface area contributed by atoms with Crippen molar-refractivity contribution in [3.8, 4) is 0 Å². The Kier molecular flexibility index (Phi) is 7.10. The van der Waals surface area contributed by atoms with Crippen LogP contribution >= 0.6 is 15.9 Å². The lowest BCUT2D eigenvalue weighted by molar-refractivity contribution is -0.122. The van der Waals surface area contributed by atoms with Gasteiger partial charge in [-0.15, -0.1) is 0 Å². The molecule has 0 aliphatic carbocycles. The smallest absolute Gasteiger partial charge is 0.236 e. The summed E-state index contributed by atoms with van der Waals surface area (Å²) in [5, 5.41) is 6.26. The molecular formula is C15H23BrN2O. The zero-order valence-corrected chi connectivity index (χ0v) is 13.5. The second kappa shape index (κ2) is 8.33. The van der Waals surface area contributed by atoms with Gasteiger partial charge in [-0.05, 0) is 38.0 Å². The van der Waals surface area contributed by atoms with Gasteiger partial charge >= 0.3 is 0 Å². The average molecular weight is 327 g/mol. The fraction of sp³-hybridized carbons (Fsp3) is 0.533. The van der Waals surface area contributed by atoms with Crippen LogP contribution in [0.1, 0.15) is 45.2 Å². The zero-order valence-electron chi connectivity index (χ0n) is 11.9. The number of rotatable bonds is 7. The Morgan fingerprint density at radius 2 is 2.11 bits per heavy atom. The molecule has 0 fully saturated rings. The van der Waals surface area contributed by atoms with Gasteiger partial charge < -0.3 is 5.32 Å². The number of nitrogens with one attached hydrogen (secondary N) is 2. The Morgan fingerprint density at radius 3 is 2.74 bits per heavy atom. The largest absolute Gasteiger partial charge is 0.355 e. The van der Waals surface area contributed by atoms with E-state index in [2.05, 4.69) is 52.5 Å². The third kappa shape index (κ3) is 5.74. The van der Waals surface area contributed by atoms with Crippen molar-refractivity contribution in [2.24, 2.45) is 0 Å². The highest BCUT2D eigenvalue weighted by atomic mass is 79.9. The van der Waals surface area contributed by atoms with Crippen LogP contribution in [0.15, 0.2) is 28.7 Å². The lowest BCUT2D eigenvalue weighted by Gasteiger charge is -2.20. The zero-order chi connectivity index (χ0) is 14.3. The molecule has 1 aromatic rings. The van der Waals surface area contributed by atoms with Crippen LogP contribution in [0.4, 0.5) is 0 Å². The summed E-state index contributed by atoms with van der Waals surface area (Å²) in [6.07, 6.45) is 2.12. The van der Waals surface area contributed by atoms with Crippen molar-refractivity contribution < 1.29 is 4.79 Å². The molecule has 0 radical (unpaired) electrons. The first-order chi connectivity index (χ1) is 9.04. The van der Waals surface area contributed by atoms with Crippen LogP contribution in [0.25, 0.3) is 0 Å². The molecule has 0 saturated heterocycles. The monoisotopic (exact) mass is 326 g/mol.